The van der Waals surface area contributed by atoms with Gasteiger partial charge in [-0.15, -0.1) is 0 Å². The van der Waals surface area contributed by atoms with E-state index in [1.54, 1.807) is 36.4 Å². The van der Waals surface area contributed by atoms with E-state index in [4.69, 9.17) is 9.47 Å². The largest absolute Gasteiger partial charge is 0.490 e. The molecule has 1 atom stereocenters. The second kappa shape index (κ2) is 6.74. The fourth-order valence-electron chi connectivity index (χ4n) is 2.38. The third-order valence-electron chi connectivity index (χ3n) is 4.05. The lowest BCUT2D eigenvalue weighted by Crippen LogP contribution is -2.12. The van der Waals surface area contributed by atoms with Gasteiger partial charge in [-0.1, -0.05) is 32.9 Å². The molecule has 6 heteroatoms. The normalized spacial score (nSPS) is 17.4. The molecule has 134 valence electrons. The zero-order chi connectivity index (χ0) is 18.2. The van der Waals surface area contributed by atoms with Crippen LogP contribution in [0.25, 0.3) is 0 Å². The number of sulfone groups is 1. The van der Waals surface area contributed by atoms with Gasteiger partial charge < -0.3 is 9.47 Å². The molecular weight excluding hydrogens is 404 g/mol. The second-order valence-electron chi connectivity index (χ2n) is 7.14. The molecule has 1 unspecified atom stereocenters. The van der Waals surface area contributed by atoms with Crippen molar-refractivity contribution in [1.29, 1.82) is 0 Å². The molecule has 0 radical (unpaired) electrons. The summed E-state index contributed by atoms with van der Waals surface area (Å²) in [6.45, 7) is 7.37. The van der Waals surface area contributed by atoms with Crippen LogP contribution < -0.4 is 4.74 Å². The summed E-state index contributed by atoms with van der Waals surface area (Å²) in [5.74, 6) is 0.609. The van der Waals surface area contributed by atoms with Crippen molar-refractivity contribution in [1.82, 2.24) is 0 Å². The predicted molar refractivity (Wildman–Crippen MR) is 100.0 cm³/mol. The standard InChI is InChI=1S/C19H21BrO4S/c1-19(2,3)13-5-4-6-15(9-13)25(21,22)16-7-8-18(17(20)10-16)24-12-14-11-23-14/h4-10,14H,11-12H2,1-3H3. The lowest BCUT2D eigenvalue weighted by Gasteiger charge is -2.19. The summed E-state index contributed by atoms with van der Waals surface area (Å²) in [5.41, 5.74) is 0.867. The van der Waals surface area contributed by atoms with E-state index in [1.165, 1.54) is 0 Å². The number of rotatable bonds is 5. The van der Waals surface area contributed by atoms with Gasteiger partial charge in [-0.3, -0.25) is 0 Å². The van der Waals surface area contributed by atoms with E-state index in [-0.39, 0.29) is 16.4 Å². The first-order chi connectivity index (χ1) is 11.7. The quantitative estimate of drug-likeness (QED) is 0.669. The maximum Gasteiger partial charge on any atom is 0.206 e. The number of halogens is 1. The Morgan fingerprint density at radius 1 is 1.16 bits per heavy atom. The lowest BCUT2D eigenvalue weighted by atomic mass is 9.87. The minimum absolute atomic E-state index is 0.116. The van der Waals surface area contributed by atoms with Gasteiger partial charge in [0.25, 0.3) is 0 Å². The Morgan fingerprint density at radius 2 is 1.84 bits per heavy atom. The Morgan fingerprint density at radius 3 is 2.44 bits per heavy atom. The Kier molecular flexibility index (Phi) is 4.97. The number of ether oxygens (including phenoxy) is 2. The zero-order valence-electron chi connectivity index (χ0n) is 14.5. The van der Waals surface area contributed by atoms with Gasteiger partial charge in [0, 0.05) is 0 Å². The maximum absolute atomic E-state index is 13.0. The molecule has 1 heterocycles. The van der Waals surface area contributed by atoms with Gasteiger partial charge in [-0.2, -0.15) is 0 Å². The van der Waals surface area contributed by atoms with Crippen molar-refractivity contribution in [3.05, 3.63) is 52.5 Å². The van der Waals surface area contributed by atoms with E-state index in [1.807, 2.05) is 6.07 Å². The molecule has 0 spiro atoms. The van der Waals surface area contributed by atoms with Crippen LogP contribution in [0.1, 0.15) is 26.3 Å². The molecule has 0 N–H and O–H groups in total. The van der Waals surface area contributed by atoms with Crippen LogP contribution in [0.3, 0.4) is 0 Å². The number of hydrogen-bond acceptors (Lipinski definition) is 4. The van der Waals surface area contributed by atoms with E-state index in [9.17, 15) is 8.42 Å². The molecule has 2 aromatic carbocycles. The van der Waals surface area contributed by atoms with Crippen molar-refractivity contribution in [2.45, 2.75) is 42.1 Å². The van der Waals surface area contributed by atoms with E-state index < -0.39 is 9.84 Å². The van der Waals surface area contributed by atoms with Crippen LogP contribution in [-0.2, 0) is 20.0 Å². The smallest absolute Gasteiger partial charge is 0.206 e. The van der Waals surface area contributed by atoms with E-state index in [0.717, 1.165) is 5.56 Å². The first-order valence-corrected chi connectivity index (χ1v) is 10.3. The van der Waals surface area contributed by atoms with E-state index in [2.05, 4.69) is 36.7 Å². The Bertz CT molecular complexity index is 881. The maximum atomic E-state index is 13.0. The van der Waals surface area contributed by atoms with Crippen LogP contribution in [0.15, 0.2) is 56.7 Å². The number of epoxide rings is 1. The highest BCUT2D eigenvalue weighted by molar-refractivity contribution is 9.10. The molecule has 0 aromatic heterocycles. The summed E-state index contributed by atoms with van der Waals surface area (Å²) in [6, 6.07) is 12.0. The molecule has 1 fully saturated rings. The van der Waals surface area contributed by atoms with E-state index >= 15 is 0 Å². The SMILES string of the molecule is CC(C)(C)c1cccc(S(=O)(=O)c2ccc(OCC3CO3)c(Br)c2)c1. The molecule has 1 saturated heterocycles. The molecule has 1 aliphatic rings. The summed E-state index contributed by atoms with van der Waals surface area (Å²) in [6.07, 6.45) is 0.149. The molecule has 0 amide bonds. The highest BCUT2D eigenvalue weighted by atomic mass is 79.9. The fraction of sp³-hybridized carbons (Fsp3) is 0.368. The Hall–Kier alpha value is -1.37. The lowest BCUT2D eigenvalue weighted by molar-refractivity contribution is 0.261. The fourth-order valence-corrected chi connectivity index (χ4v) is 4.36. The van der Waals surface area contributed by atoms with Gasteiger partial charge in [0.1, 0.15) is 18.5 Å². The summed E-state index contributed by atoms with van der Waals surface area (Å²) in [4.78, 5) is 0.535. The number of benzene rings is 2. The van der Waals surface area contributed by atoms with Crippen molar-refractivity contribution < 1.29 is 17.9 Å². The van der Waals surface area contributed by atoms with Gasteiger partial charge in [0.05, 0.1) is 20.9 Å². The van der Waals surface area contributed by atoms with Crippen LogP contribution >= 0.6 is 15.9 Å². The highest BCUT2D eigenvalue weighted by Crippen LogP contribution is 2.32. The van der Waals surface area contributed by atoms with Crippen molar-refractivity contribution in [2.75, 3.05) is 13.2 Å². The highest BCUT2D eigenvalue weighted by Gasteiger charge is 2.25. The average molecular weight is 425 g/mol. The van der Waals surface area contributed by atoms with Crippen LogP contribution in [0, 0.1) is 0 Å². The van der Waals surface area contributed by atoms with Gasteiger partial charge in [0.2, 0.25) is 9.84 Å². The zero-order valence-corrected chi connectivity index (χ0v) is 16.9. The first kappa shape index (κ1) is 18.4. The topological polar surface area (TPSA) is 55.9 Å². The van der Waals surface area contributed by atoms with Gasteiger partial charge in [-0.25, -0.2) is 8.42 Å². The predicted octanol–water partition coefficient (Wildman–Crippen LogP) is 4.36. The minimum Gasteiger partial charge on any atom is -0.490 e. The van der Waals surface area contributed by atoms with Crippen LogP contribution in [0.4, 0.5) is 0 Å². The minimum atomic E-state index is -3.59. The van der Waals surface area contributed by atoms with Crippen molar-refractivity contribution >= 4 is 25.8 Å². The molecule has 3 rings (SSSR count). The van der Waals surface area contributed by atoms with Crippen LogP contribution in [-0.4, -0.2) is 27.7 Å². The molecule has 0 aliphatic carbocycles. The summed E-state index contributed by atoms with van der Waals surface area (Å²) >= 11 is 3.40. The molecule has 25 heavy (non-hydrogen) atoms. The molecule has 1 aliphatic heterocycles. The monoisotopic (exact) mass is 424 g/mol. The first-order valence-electron chi connectivity index (χ1n) is 8.07. The van der Waals surface area contributed by atoms with Crippen molar-refractivity contribution in [2.24, 2.45) is 0 Å². The van der Waals surface area contributed by atoms with Crippen LogP contribution in [0.5, 0.6) is 5.75 Å². The Labute approximate surface area is 157 Å². The molecule has 0 bridgehead atoms. The van der Waals surface area contributed by atoms with Crippen molar-refractivity contribution in [3.8, 4) is 5.75 Å². The van der Waals surface area contributed by atoms with E-state index in [0.29, 0.717) is 28.3 Å². The summed E-state index contributed by atoms with van der Waals surface area (Å²) < 4.78 is 37.3. The number of hydrogen-bond donors (Lipinski definition) is 0. The third-order valence-corrected chi connectivity index (χ3v) is 6.42. The van der Waals surface area contributed by atoms with Gasteiger partial charge in [0.15, 0.2) is 0 Å². The molecule has 4 nitrogen and oxygen atoms in total. The Balaban J connectivity index is 1.90. The third kappa shape index (κ3) is 4.25. The summed E-state index contributed by atoms with van der Waals surface area (Å²) in [7, 11) is -3.59. The molecule has 0 saturated carbocycles. The average Bonchev–Trinajstić information content (AvgIpc) is 3.37. The molecular formula is C19H21BrO4S. The second-order valence-corrected chi connectivity index (χ2v) is 9.94. The van der Waals surface area contributed by atoms with Crippen molar-refractivity contribution in [3.63, 3.8) is 0 Å². The van der Waals surface area contributed by atoms with Gasteiger partial charge in [-0.05, 0) is 57.2 Å². The van der Waals surface area contributed by atoms with Crippen LogP contribution in [0.2, 0.25) is 0 Å². The van der Waals surface area contributed by atoms with Gasteiger partial charge >= 0.3 is 0 Å². The summed E-state index contributed by atoms with van der Waals surface area (Å²) in [5, 5.41) is 0. The molecule has 2 aromatic rings.